The Kier molecular flexibility index (Phi) is 3.15. The van der Waals surface area contributed by atoms with Crippen molar-refractivity contribution in [1.82, 2.24) is 0 Å². The fourth-order valence-corrected chi connectivity index (χ4v) is 1.48. The minimum Gasteiger partial charge on any atom is -0.499 e. The molecular formula is C10H19NO. The Bertz CT molecular complexity index is 178. The van der Waals surface area contributed by atoms with Crippen molar-refractivity contribution in [3.8, 4) is 0 Å². The lowest BCUT2D eigenvalue weighted by Crippen LogP contribution is -2.25. The minimum atomic E-state index is 0.118. The van der Waals surface area contributed by atoms with Gasteiger partial charge in [-0.3, -0.25) is 0 Å². The molecule has 0 aliphatic heterocycles. The Morgan fingerprint density at radius 2 is 2.08 bits per heavy atom. The van der Waals surface area contributed by atoms with Crippen molar-refractivity contribution >= 4 is 0 Å². The molecule has 0 aromatic heterocycles. The molecule has 0 spiro atoms. The molecule has 70 valence electrons. The summed E-state index contributed by atoms with van der Waals surface area (Å²) in [6.07, 6.45) is 3.40. The van der Waals surface area contributed by atoms with Crippen molar-refractivity contribution in [2.24, 2.45) is 11.7 Å². The number of rotatable bonds is 4. The summed E-state index contributed by atoms with van der Waals surface area (Å²) in [5, 5.41) is 0. The zero-order chi connectivity index (χ0) is 9.14. The van der Waals surface area contributed by atoms with Gasteiger partial charge in [0.15, 0.2) is 0 Å². The molecule has 1 unspecified atom stereocenters. The van der Waals surface area contributed by atoms with Crippen LogP contribution in [0.25, 0.3) is 0 Å². The molecule has 2 heteroatoms. The van der Waals surface area contributed by atoms with E-state index < -0.39 is 0 Å². The van der Waals surface area contributed by atoms with Gasteiger partial charge in [0.25, 0.3) is 0 Å². The third-order valence-corrected chi connectivity index (χ3v) is 2.13. The highest BCUT2D eigenvalue weighted by atomic mass is 16.5. The van der Waals surface area contributed by atoms with Crippen LogP contribution in [0.15, 0.2) is 11.3 Å². The van der Waals surface area contributed by atoms with E-state index in [0.717, 1.165) is 12.2 Å². The summed E-state index contributed by atoms with van der Waals surface area (Å²) < 4.78 is 5.29. The van der Waals surface area contributed by atoms with Crippen LogP contribution in [0.2, 0.25) is 0 Å². The first kappa shape index (κ1) is 9.59. The van der Waals surface area contributed by atoms with Gasteiger partial charge in [0.1, 0.15) is 5.76 Å². The lowest BCUT2D eigenvalue weighted by atomic mass is 10.0. The molecule has 12 heavy (non-hydrogen) atoms. The Morgan fingerprint density at radius 1 is 1.50 bits per heavy atom. The maximum atomic E-state index is 5.99. The molecule has 0 amide bonds. The summed E-state index contributed by atoms with van der Waals surface area (Å²) >= 11 is 0. The van der Waals surface area contributed by atoms with E-state index in [4.69, 9.17) is 10.5 Å². The van der Waals surface area contributed by atoms with Crippen molar-refractivity contribution in [2.75, 3.05) is 7.11 Å². The van der Waals surface area contributed by atoms with Crippen molar-refractivity contribution in [3.05, 3.63) is 11.3 Å². The summed E-state index contributed by atoms with van der Waals surface area (Å²) in [5.41, 5.74) is 7.41. The lowest BCUT2D eigenvalue weighted by molar-refractivity contribution is 0.252. The maximum Gasteiger partial charge on any atom is 0.111 e. The number of hydrogen-bond donors (Lipinski definition) is 1. The van der Waals surface area contributed by atoms with Gasteiger partial charge in [-0.25, -0.2) is 0 Å². The third-order valence-electron chi connectivity index (χ3n) is 2.13. The molecule has 0 radical (unpaired) electrons. The highest BCUT2D eigenvalue weighted by Crippen LogP contribution is 2.33. The Labute approximate surface area is 74.8 Å². The topological polar surface area (TPSA) is 35.2 Å². The van der Waals surface area contributed by atoms with Crippen LogP contribution in [-0.2, 0) is 4.74 Å². The van der Waals surface area contributed by atoms with Crippen LogP contribution in [0.4, 0.5) is 0 Å². The third kappa shape index (κ3) is 2.52. The standard InChI is InChI=1S/C10H19NO/c1-7(2)6-9(11)10(12-3)8-4-5-8/h7,9H,4-6,11H2,1-3H3. The van der Waals surface area contributed by atoms with E-state index in [1.807, 2.05) is 0 Å². The Morgan fingerprint density at radius 3 is 2.42 bits per heavy atom. The van der Waals surface area contributed by atoms with Crippen LogP contribution < -0.4 is 5.73 Å². The van der Waals surface area contributed by atoms with Gasteiger partial charge in [-0.2, -0.15) is 0 Å². The number of ether oxygens (including phenoxy) is 1. The summed E-state index contributed by atoms with van der Waals surface area (Å²) in [6, 6.07) is 0.118. The SMILES string of the molecule is COC(=C1CC1)C(N)CC(C)C. The van der Waals surface area contributed by atoms with Gasteiger partial charge in [-0.05, 0) is 30.8 Å². The quantitative estimate of drug-likeness (QED) is 0.654. The Hall–Kier alpha value is -0.500. The molecule has 0 aromatic rings. The van der Waals surface area contributed by atoms with E-state index in [-0.39, 0.29) is 6.04 Å². The normalized spacial score (nSPS) is 17.9. The van der Waals surface area contributed by atoms with Crippen LogP contribution in [0, 0.1) is 5.92 Å². The van der Waals surface area contributed by atoms with Gasteiger partial charge < -0.3 is 10.5 Å². The van der Waals surface area contributed by atoms with Crippen LogP contribution in [0.5, 0.6) is 0 Å². The van der Waals surface area contributed by atoms with E-state index >= 15 is 0 Å². The largest absolute Gasteiger partial charge is 0.499 e. The molecule has 1 aliphatic rings. The molecule has 0 saturated heterocycles. The molecule has 2 N–H and O–H groups in total. The number of methoxy groups -OCH3 is 1. The van der Waals surface area contributed by atoms with E-state index in [0.29, 0.717) is 5.92 Å². The van der Waals surface area contributed by atoms with Crippen LogP contribution in [0.3, 0.4) is 0 Å². The lowest BCUT2D eigenvalue weighted by Gasteiger charge is -2.16. The fourth-order valence-electron chi connectivity index (χ4n) is 1.48. The Balaban J connectivity index is 2.49. The monoisotopic (exact) mass is 169 g/mol. The second-order valence-electron chi connectivity index (χ2n) is 3.91. The van der Waals surface area contributed by atoms with Gasteiger partial charge in [-0.1, -0.05) is 13.8 Å². The van der Waals surface area contributed by atoms with Crippen LogP contribution >= 0.6 is 0 Å². The predicted molar refractivity (Wildman–Crippen MR) is 50.7 cm³/mol. The average Bonchev–Trinajstić information content (AvgIpc) is 2.70. The summed E-state index contributed by atoms with van der Waals surface area (Å²) in [4.78, 5) is 0. The molecule has 1 fully saturated rings. The number of allylic oxidation sites excluding steroid dienone is 1. The van der Waals surface area contributed by atoms with Crippen molar-refractivity contribution in [2.45, 2.75) is 39.2 Å². The second-order valence-corrected chi connectivity index (χ2v) is 3.91. The predicted octanol–water partition coefficient (Wildman–Crippen LogP) is 2.05. The first-order valence-corrected chi connectivity index (χ1v) is 4.66. The summed E-state index contributed by atoms with van der Waals surface area (Å²) in [5.74, 6) is 1.69. The van der Waals surface area contributed by atoms with E-state index in [2.05, 4.69) is 13.8 Å². The zero-order valence-corrected chi connectivity index (χ0v) is 8.26. The van der Waals surface area contributed by atoms with Crippen LogP contribution in [-0.4, -0.2) is 13.2 Å². The molecule has 2 nitrogen and oxygen atoms in total. The number of nitrogens with two attached hydrogens (primary N) is 1. The first-order valence-electron chi connectivity index (χ1n) is 4.66. The van der Waals surface area contributed by atoms with Gasteiger partial charge in [0.2, 0.25) is 0 Å². The second kappa shape index (κ2) is 3.94. The molecule has 1 saturated carbocycles. The molecule has 0 heterocycles. The van der Waals surface area contributed by atoms with E-state index in [1.165, 1.54) is 18.4 Å². The van der Waals surface area contributed by atoms with Crippen molar-refractivity contribution in [1.29, 1.82) is 0 Å². The fraction of sp³-hybridized carbons (Fsp3) is 0.800. The molecule has 1 aliphatic carbocycles. The molecular weight excluding hydrogens is 150 g/mol. The summed E-state index contributed by atoms with van der Waals surface area (Å²) in [6.45, 7) is 4.37. The average molecular weight is 169 g/mol. The van der Waals surface area contributed by atoms with Gasteiger partial charge in [0, 0.05) is 0 Å². The molecule has 0 bridgehead atoms. The van der Waals surface area contributed by atoms with Gasteiger partial charge in [-0.15, -0.1) is 0 Å². The van der Waals surface area contributed by atoms with Gasteiger partial charge >= 0.3 is 0 Å². The van der Waals surface area contributed by atoms with Gasteiger partial charge in [0.05, 0.1) is 13.2 Å². The molecule has 0 aromatic carbocycles. The molecule has 1 atom stereocenters. The van der Waals surface area contributed by atoms with E-state index in [1.54, 1.807) is 7.11 Å². The van der Waals surface area contributed by atoms with Crippen LogP contribution in [0.1, 0.15) is 33.1 Å². The molecule has 1 rings (SSSR count). The summed E-state index contributed by atoms with van der Waals surface area (Å²) in [7, 11) is 1.72. The minimum absolute atomic E-state index is 0.118. The highest BCUT2D eigenvalue weighted by molar-refractivity contribution is 5.24. The smallest absolute Gasteiger partial charge is 0.111 e. The first-order chi connectivity index (χ1) is 5.65. The van der Waals surface area contributed by atoms with Crippen molar-refractivity contribution < 1.29 is 4.74 Å². The van der Waals surface area contributed by atoms with Crippen molar-refractivity contribution in [3.63, 3.8) is 0 Å². The zero-order valence-electron chi connectivity index (χ0n) is 8.26. The highest BCUT2D eigenvalue weighted by Gasteiger charge is 2.23. The maximum absolute atomic E-state index is 5.99. The number of hydrogen-bond acceptors (Lipinski definition) is 2. The van der Waals surface area contributed by atoms with E-state index in [9.17, 15) is 0 Å².